The van der Waals surface area contributed by atoms with Gasteiger partial charge in [-0.25, -0.2) is 0 Å². The second-order valence-electron chi connectivity index (χ2n) is 6.39. The number of methoxy groups -OCH3 is 1. The van der Waals surface area contributed by atoms with Gasteiger partial charge in [-0.2, -0.15) is 0 Å². The number of hydrogen-bond acceptors (Lipinski definition) is 3. The van der Waals surface area contributed by atoms with Crippen molar-refractivity contribution in [2.45, 2.75) is 19.1 Å². The van der Waals surface area contributed by atoms with Crippen LogP contribution in [0.25, 0.3) is 5.57 Å². The summed E-state index contributed by atoms with van der Waals surface area (Å²) in [6, 6.07) is 17.4. The molecule has 4 heteroatoms. The van der Waals surface area contributed by atoms with Crippen molar-refractivity contribution in [2.75, 3.05) is 7.11 Å². The third-order valence-corrected chi connectivity index (χ3v) is 4.92. The molecule has 0 bridgehead atoms. The second-order valence-corrected chi connectivity index (χ2v) is 6.80. The van der Waals surface area contributed by atoms with Gasteiger partial charge < -0.3 is 9.47 Å². The Morgan fingerprint density at radius 1 is 1.12 bits per heavy atom. The molecule has 0 radical (unpaired) electrons. The van der Waals surface area contributed by atoms with Crippen molar-refractivity contribution in [1.29, 1.82) is 0 Å². The zero-order valence-electron chi connectivity index (χ0n) is 14.8. The van der Waals surface area contributed by atoms with Crippen molar-refractivity contribution in [3.8, 4) is 0 Å². The van der Waals surface area contributed by atoms with Crippen LogP contribution in [0.5, 0.6) is 0 Å². The standard InChI is InChI=1S/C22H21ClO3/c1-22(26-15-16-8-4-3-5-9-16)13-12-17(14-19(22)21(24)25-2)18-10-6-7-11-20(18)23/h3-14,19H,15H2,1-2H3. The molecule has 2 aromatic rings. The number of carbonyl (C=O) groups excluding carboxylic acids is 1. The average Bonchev–Trinajstić information content (AvgIpc) is 2.68. The summed E-state index contributed by atoms with van der Waals surface area (Å²) in [5, 5.41) is 0.640. The number of allylic oxidation sites excluding steroid dienone is 2. The zero-order valence-corrected chi connectivity index (χ0v) is 15.6. The van der Waals surface area contributed by atoms with E-state index >= 15 is 0 Å². The highest BCUT2D eigenvalue weighted by Crippen LogP contribution is 2.37. The normalized spacial score (nSPS) is 22.0. The Bertz CT molecular complexity index is 841. The van der Waals surface area contributed by atoms with Crippen LogP contribution >= 0.6 is 11.6 Å². The molecule has 0 saturated heterocycles. The minimum atomic E-state index is -0.798. The maximum atomic E-state index is 12.4. The van der Waals surface area contributed by atoms with Gasteiger partial charge in [-0.1, -0.05) is 78.4 Å². The van der Waals surface area contributed by atoms with Crippen LogP contribution < -0.4 is 0 Å². The number of benzene rings is 2. The fraction of sp³-hybridized carbons (Fsp3) is 0.227. The minimum Gasteiger partial charge on any atom is -0.468 e. The van der Waals surface area contributed by atoms with Gasteiger partial charge in [0.05, 0.1) is 13.7 Å². The molecule has 2 aromatic carbocycles. The van der Waals surface area contributed by atoms with Crippen LogP contribution in [0.4, 0.5) is 0 Å². The molecule has 0 amide bonds. The van der Waals surface area contributed by atoms with E-state index < -0.39 is 11.5 Å². The lowest BCUT2D eigenvalue weighted by Crippen LogP contribution is -2.41. The molecule has 26 heavy (non-hydrogen) atoms. The fourth-order valence-corrected chi connectivity index (χ4v) is 3.26. The van der Waals surface area contributed by atoms with Gasteiger partial charge in [-0.3, -0.25) is 4.79 Å². The van der Waals surface area contributed by atoms with Gasteiger partial charge in [0.2, 0.25) is 0 Å². The summed E-state index contributed by atoms with van der Waals surface area (Å²) in [6.45, 7) is 2.30. The molecule has 1 aliphatic rings. The van der Waals surface area contributed by atoms with Gasteiger partial charge in [0, 0.05) is 5.02 Å². The lowest BCUT2D eigenvalue weighted by Gasteiger charge is -2.35. The Labute approximate surface area is 158 Å². The van der Waals surface area contributed by atoms with Crippen LogP contribution in [0.1, 0.15) is 18.1 Å². The Morgan fingerprint density at radius 2 is 1.81 bits per heavy atom. The van der Waals surface area contributed by atoms with Crippen molar-refractivity contribution in [3.05, 3.63) is 89.0 Å². The highest BCUT2D eigenvalue weighted by Gasteiger charge is 2.40. The summed E-state index contributed by atoms with van der Waals surface area (Å²) in [7, 11) is 1.39. The molecule has 0 saturated carbocycles. The molecular formula is C22H21ClO3. The predicted octanol–water partition coefficient (Wildman–Crippen LogP) is 5.06. The number of esters is 1. The maximum absolute atomic E-state index is 12.4. The van der Waals surface area contributed by atoms with Crippen molar-refractivity contribution in [2.24, 2.45) is 5.92 Å². The first kappa shape index (κ1) is 18.4. The average molecular weight is 369 g/mol. The van der Waals surface area contributed by atoms with Crippen molar-refractivity contribution in [3.63, 3.8) is 0 Å². The molecule has 0 aliphatic heterocycles. The molecule has 2 unspecified atom stereocenters. The topological polar surface area (TPSA) is 35.5 Å². The van der Waals surface area contributed by atoms with Crippen molar-refractivity contribution >= 4 is 23.1 Å². The molecule has 0 heterocycles. The van der Waals surface area contributed by atoms with E-state index in [1.165, 1.54) is 7.11 Å². The van der Waals surface area contributed by atoms with Crippen LogP contribution in [-0.4, -0.2) is 18.7 Å². The molecule has 0 aromatic heterocycles. The van der Waals surface area contributed by atoms with Crippen molar-refractivity contribution in [1.82, 2.24) is 0 Å². The van der Waals surface area contributed by atoms with E-state index in [9.17, 15) is 4.79 Å². The van der Waals surface area contributed by atoms with E-state index in [0.29, 0.717) is 11.6 Å². The highest BCUT2D eigenvalue weighted by molar-refractivity contribution is 6.32. The first-order valence-corrected chi connectivity index (χ1v) is 8.83. The second kappa shape index (κ2) is 7.90. The Balaban J connectivity index is 1.88. The lowest BCUT2D eigenvalue weighted by molar-refractivity contribution is -0.152. The predicted molar refractivity (Wildman–Crippen MR) is 104 cm³/mol. The van der Waals surface area contributed by atoms with E-state index in [1.54, 1.807) is 0 Å². The molecule has 134 valence electrons. The van der Waals surface area contributed by atoms with Gasteiger partial charge in [-0.15, -0.1) is 0 Å². The number of hydrogen-bond donors (Lipinski definition) is 0. The maximum Gasteiger partial charge on any atom is 0.315 e. The number of halogens is 1. The first-order valence-electron chi connectivity index (χ1n) is 8.45. The van der Waals surface area contributed by atoms with Gasteiger partial charge in [0.15, 0.2) is 0 Å². The van der Waals surface area contributed by atoms with Gasteiger partial charge in [0.1, 0.15) is 11.5 Å². The third kappa shape index (κ3) is 3.90. The Kier molecular flexibility index (Phi) is 5.60. The quantitative estimate of drug-likeness (QED) is 0.692. The molecule has 3 rings (SSSR count). The fourth-order valence-electron chi connectivity index (χ4n) is 3.01. The molecule has 0 fully saturated rings. The SMILES string of the molecule is COC(=O)C1C=C(c2ccccc2Cl)C=CC1(C)OCc1ccccc1. The van der Waals surface area contributed by atoms with E-state index in [-0.39, 0.29) is 5.97 Å². The first-order chi connectivity index (χ1) is 12.5. The monoisotopic (exact) mass is 368 g/mol. The van der Waals surface area contributed by atoms with Crippen LogP contribution in [0.15, 0.2) is 72.8 Å². The molecule has 1 aliphatic carbocycles. The van der Waals surface area contributed by atoms with Crippen LogP contribution in [0.3, 0.4) is 0 Å². The summed E-state index contributed by atoms with van der Waals surface area (Å²) in [4.78, 5) is 12.4. The zero-order chi connectivity index (χ0) is 18.6. The lowest BCUT2D eigenvalue weighted by atomic mass is 9.81. The molecule has 0 N–H and O–H groups in total. The Morgan fingerprint density at radius 3 is 2.50 bits per heavy atom. The summed E-state index contributed by atoms with van der Waals surface area (Å²) >= 11 is 6.31. The summed E-state index contributed by atoms with van der Waals surface area (Å²) in [5.41, 5.74) is 2.01. The van der Waals surface area contributed by atoms with Gasteiger partial charge >= 0.3 is 5.97 Å². The smallest absolute Gasteiger partial charge is 0.315 e. The highest BCUT2D eigenvalue weighted by atomic mass is 35.5. The third-order valence-electron chi connectivity index (χ3n) is 4.59. The van der Waals surface area contributed by atoms with Crippen LogP contribution in [0.2, 0.25) is 5.02 Å². The van der Waals surface area contributed by atoms with E-state index in [2.05, 4.69) is 0 Å². The largest absolute Gasteiger partial charge is 0.468 e. The number of carbonyl (C=O) groups is 1. The van der Waals surface area contributed by atoms with E-state index in [4.69, 9.17) is 21.1 Å². The van der Waals surface area contributed by atoms with E-state index in [1.807, 2.05) is 79.7 Å². The molecule has 0 spiro atoms. The number of ether oxygens (including phenoxy) is 2. The van der Waals surface area contributed by atoms with Crippen LogP contribution in [0, 0.1) is 5.92 Å². The summed E-state index contributed by atoms with van der Waals surface area (Å²) < 4.78 is 11.2. The van der Waals surface area contributed by atoms with Gasteiger partial charge in [-0.05, 0) is 29.7 Å². The van der Waals surface area contributed by atoms with Crippen molar-refractivity contribution < 1.29 is 14.3 Å². The summed E-state index contributed by atoms with van der Waals surface area (Å²) in [5.74, 6) is -0.901. The van der Waals surface area contributed by atoms with Crippen LogP contribution in [-0.2, 0) is 20.9 Å². The Hall–Kier alpha value is -2.36. The number of rotatable bonds is 5. The van der Waals surface area contributed by atoms with Gasteiger partial charge in [0.25, 0.3) is 0 Å². The molecule has 3 nitrogen and oxygen atoms in total. The molecular weight excluding hydrogens is 348 g/mol. The van der Waals surface area contributed by atoms with E-state index in [0.717, 1.165) is 16.7 Å². The molecule has 2 atom stereocenters. The summed E-state index contributed by atoms with van der Waals surface area (Å²) in [6.07, 6.45) is 5.74. The minimum absolute atomic E-state index is 0.338.